The molecular formula is C15H26N2O2S2. The molecule has 0 aromatic carbocycles. The van der Waals surface area contributed by atoms with Crippen LogP contribution in [0.25, 0.3) is 0 Å². The minimum Gasteiger partial charge on any atom is -0.310 e. The first-order chi connectivity index (χ1) is 9.81. The molecule has 21 heavy (non-hydrogen) atoms. The second-order valence-electron chi connectivity index (χ2n) is 6.51. The third-order valence-electron chi connectivity index (χ3n) is 3.96. The van der Waals surface area contributed by atoms with E-state index in [-0.39, 0.29) is 5.54 Å². The van der Waals surface area contributed by atoms with Crippen LogP contribution in [-0.4, -0.2) is 20.0 Å². The van der Waals surface area contributed by atoms with Gasteiger partial charge in [0.15, 0.2) is 0 Å². The first kappa shape index (κ1) is 16.9. The lowest BCUT2D eigenvalue weighted by atomic mass is 9.84. The Morgan fingerprint density at radius 1 is 1.29 bits per heavy atom. The molecular weight excluding hydrogens is 304 g/mol. The van der Waals surface area contributed by atoms with Crippen molar-refractivity contribution < 1.29 is 8.42 Å². The molecule has 0 atom stereocenters. The molecule has 120 valence electrons. The Kier molecular flexibility index (Phi) is 5.46. The van der Waals surface area contributed by atoms with E-state index in [1.165, 1.54) is 17.8 Å². The third-order valence-corrected chi connectivity index (χ3v) is 6.67. The molecule has 1 aromatic heterocycles. The van der Waals surface area contributed by atoms with Gasteiger partial charge < -0.3 is 5.32 Å². The average molecular weight is 331 g/mol. The van der Waals surface area contributed by atoms with E-state index in [1.54, 1.807) is 11.4 Å². The fraction of sp³-hybridized carbons (Fsp3) is 0.733. The lowest BCUT2D eigenvalue weighted by Gasteiger charge is -2.33. The van der Waals surface area contributed by atoms with Gasteiger partial charge in [-0.25, -0.2) is 13.1 Å². The topological polar surface area (TPSA) is 58.2 Å². The fourth-order valence-electron chi connectivity index (χ4n) is 2.72. The number of thiophene rings is 1. The van der Waals surface area contributed by atoms with Gasteiger partial charge in [0.1, 0.15) is 0 Å². The summed E-state index contributed by atoms with van der Waals surface area (Å²) in [4.78, 5) is 1.46. The molecule has 2 rings (SSSR count). The van der Waals surface area contributed by atoms with Crippen LogP contribution in [0, 0.1) is 0 Å². The summed E-state index contributed by atoms with van der Waals surface area (Å²) in [6.07, 6.45) is 5.27. The largest absolute Gasteiger partial charge is 0.310 e. The summed E-state index contributed by atoms with van der Waals surface area (Å²) in [5.41, 5.74) is -0.282. The van der Waals surface area contributed by atoms with Crippen LogP contribution in [0.2, 0.25) is 0 Å². The van der Waals surface area contributed by atoms with Crippen molar-refractivity contribution in [1.29, 1.82) is 0 Å². The summed E-state index contributed by atoms with van der Waals surface area (Å²) in [6.45, 7) is 6.90. The molecule has 1 aliphatic rings. The minimum absolute atomic E-state index is 0.282. The van der Waals surface area contributed by atoms with Gasteiger partial charge in [-0.2, -0.15) is 0 Å². The number of rotatable bonds is 6. The van der Waals surface area contributed by atoms with Crippen LogP contribution in [0.5, 0.6) is 0 Å². The SMILES string of the molecule is CC(C)NCc1cc(S(=O)(=O)NC2(C)CCCCC2)cs1. The Morgan fingerprint density at radius 3 is 2.57 bits per heavy atom. The Hall–Kier alpha value is -0.430. The standard InChI is InChI=1S/C15H26N2O2S2/c1-12(2)16-10-13-9-14(11-20-13)21(18,19)17-15(3)7-5-4-6-8-15/h9,11-12,16-17H,4-8,10H2,1-3H3. The number of hydrogen-bond donors (Lipinski definition) is 2. The van der Waals surface area contributed by atoms with Crippen molar-refractivity contribution in [3.8, 4) is 0 Å². The first-order valence-corrected chi connectivity index (χ1v) is 10.0. The average Bonchev–Trinajstić information content (AvgIpc) is 2.85. The van der Waals surface area contributed by atoms with E-state index in [4.69, 9.17) is 0 Å². The molecule has 1 fully saturated rings. The van der Waals surface area contributed by atoms with E-state index in [0.717, 1.165) is 37.1 Å². The van der Waals surface area contributed by atoms with E-state index in [9.17, 15) is 8.42 Å². The summed E-state index contributed by atoms with van der Waals surface area (Å²) in [7, 11) is -3.40. The third kappa shape index (κ3) is 4.77. The van der Waals surface area contributed by atoms with Crippen LogP contribution in [0.1, 0.15) is 57.8 Å². The fourth-order valence-corrected chi connectivity index (χ4v) is 5.41. The predicted molar refractivity (Wildman–Crippen MR) is 88.1 cm³/mol. The zero-order valence-electron chi connectivity index (χ0n) is 13.1. The smallest absolute Gasteiger partial charge is 0.241 e. The van der Waals surface area contributed by atoms with Gasteiger partial charge in [-0.15, -0.1) is 11.3 Å². The second-order valence-corrected chi connectivity index (χ2v) is 9.19. The molecule has 0 unspecified atom stereocenters. The molecule has 1 saturated carbocycles. The van der Waals surface area contributed by atoms with Gasteiger partial charge in [0, 0.05) is 28.4 Å². The molecule has 0 bridgehead atoms. The van der Waals surface area contributed by atoms with E-state index in [1.807, 2.05) is 6.92 Å². The van der Waals surface area contributed by atoms with E-state index in [2.05, 4.69) is 23.9 Å². The zero-order valence-corrected chi connectivity index (χ0v) is 14.7. The first-order valence-electron chi connectivity index (χ1n) is 7.66. The Morgan fingerprint density at radius 2 is 1.95 bits per heavy atom. The van der Waals surface area contributed by atoms with Crippen molar-refractivity contribution in [2.75, 3.05) is 0 Å². The second kappa shape index (κ2) is 6.77. The Balaban J connectivity index is 2.05. The number of nitrogens with one attached hydrogen (secondary N) is 2. The highest BCUT2D eigenvalue weighted by Crippen LogP contribution is 2.30. The van der Waals surface area contributed by atoms with Crippen LogP contribution in [0.15, 0.2) is 16.3 Å². The van der Waals surface area contributed by atoms with Crippen LogP contribution < -0.4 is 10.0 Å². The van der Waals surface area contributed by atoms with Gasteiger partial charge in [-0.1, -0.05) is 33.1 Å². The monoisotopic (exact) mass is 330 g/mol. The predicted octanol–water partition coefficient (Wildman–Crippen LogP) is 3.25. The van der Waals surface area contributed by atoms with Crippen molar-refractivity contribution in [2.24, 2.45) is 0 Å². The lowest BCUT2D eigenvalue weighted by Crippen LogP contribution is -2.46. The van der Waals surface area contributed by atoms with Crippen molar-refractivity contribution in [3.05, 3.63) is 16.3 Å². The molecule has 0 saturated heterocycles. The van der Waals surface area contributed by atoms with E-state index < -0.39 is 10.0 Å². The number of hydrogen-bond acceptors (Lipinski definition) is 4. The highest BCUT2D eigenvalue weighted by Gasteiger charge is 2.32. The van der Waals surface area contributed by atoms with E-state index >= 15 is 0 Å². The van der Waals surface area contributed by atoms with Crippen molar-refractivity contribution in [3.63, 3.8) is 0 Å². The highest BCUT2D eigenvalue weighted by atomic mass is 32.2. The van der Waals surface area contributed by atoms with Crippen LogP contribution in [0.3, 0.4) is 0 Å². The maximum absolute atomic E-state index is 12.5. The summed E-state index contributed by atoms with van der Waals surface area (Å²) < 4.78 is 28.0. The van der Waals surface area contributed by atoms with E-state index in [0.29, 0.717) is 10.9 Å². The van der Waals surface area contributed by atoms with Crippen molar-refractivity contribution >= 4 is 21.4 Å². The summed E-state index contributed by atoms with van der Waals surface area (Å²) in [5.74, 6) is 0. The minimum atomic E-state index is -3.40. The summed E-state index contributed by atoms with van der Waals surface area (Å²) >= 11 is 1.50. The van der Waals surface area contributed by atoms with Crippen LogP contribution in [-0.2, 0) is 16.6 Å². The maximum Gasteiger partial charge on any atom is 0.241 e. The normalized spacial score (nSPS) is 19.0. The quantitative estimate of drug-likeness (QED) is 0.842. The molecule has 0 spiro atoms. The molecule has 0 aliphatic heterocycles. The summed E-state index contributed by atoms with van der Waals surface area (Å²) in [6, 6.07) is 2.18. The molecule has 1 aromatic rings. The molecule has 6 heteroatoms. The van der Waals surface area contributed by atoms with Crippen molar-refractivity contribution in [2.45, 2.75) is 75.9 Å². The maximum atomic E-state index is 12.5. The number of sulfonamides is 1. The van der Waals surface area contributed by atoms with Gasteiger partial charge in [0.25, 0.3) is 0 Å². The Bertz CT molecular complexity index is 558. The zero-order chi connectivity index (χ0) is 15.5. The molecule has 0 amide bonds. The molecule has 2 N–H and O–H groups in total. The lowest BCUT2D eigenvalue weighted by molar-refractivity contribution is 0.294. The Labute approximate surface area is 132 Å². The van der Waals surface area contributed by atoms with Gasteiger partial charge >= 0.3 is 0 Å². The highest BCUT2D eigenvalue weighted by molar-refractivity contribution is 7.89. The van der Waals surface area contributed by atoms with Gasteiger partial charge in [-0.05, 0) is 25.8 Å². The molecule has 0 radical (unpaired) electrons. The van der Waals surface area contributed by atoms with Crippen molar-refractivity contribution in [1.82, 2.24) is 10.0 Å². The molecule has 1 aliphatic carbocycles. The summed E-state index contributed by atoms with van der Waals surface area (Å²) in [5, 5.41) is 5.05. The molecule has 4 nitrogen and oxygen atoms in total. The van der Waals surface area contributed by atoms with Gasteiger partial charge in [0.05, 0.1) is 4.90 Å². The van der Waals surface area contributed by atoms with Gasteiger partial charge in [-0.3, -0.25) is 0 Å². The van der Waals surface area contributed by atoms with Crippen LogP contribution >= 0.6 is 11.3 Å². The van der Waals surface area contributed by atoms with Gasteiger partial charge in [0.2, 0.25) is 10.0 Å². The molecule has 1 heterocycles. The van der Waals surface area contributed by atoms with Crippen LogP contribution in [0.4, 0.5) is 0 Å².